The molecule has 1 unspecified atom stereocenters. The van der Waals surface area contributed by atoms with Crippen molar-refractivity contribution in [2.24, 2.45) is 0 Å². The molecule has 0 spiro atoms. The number of hydrogen-bond donors (Lipinski definition) is 1. The number of fused-ring (bicyclic) bond motifs is 1. The van der Waals surface area contributed by atoms with E-state index in [1.807, 2.05) is 0 Å². The van der Waals surface area contributed by atoms with Crippen LogP contribution in [0.2, 0.25) is 0 Å². The number of ether oxygens (including phenoxy) is 2. The Labute approximate surface area is 150 Å². The van der Waals surface area contributed by atoms with Crippen LogP contribution in [-0.4, -0.2) is 76.8 Å². The molecule has 1 aromatic heterocycles. The number of aromatic nitrogens is 1. The highest BCUT2D eigenvalue weighted by Crippen LogP contribution is 2.24. The van der Waals surface area contributed by atoms with Gasteiger partial charge in [-0.05, 0) is 24.5 Å². The number of aliphatic carboxylic acids is 1. The Balaban J connectivity index is 1.84. The lowest BCUT2D eigenvalue weighted by Crippen LogP contribution is -2.53. The maximum atomic E-state index is 13.0. The van der Waals surface area contributed by atoms with E-state index in [1.54, 1.807) is 18.0 Å². The van der Waals surface area contributed by atoms with E-state index >= 15 is 0 Å². The molecule has 140 valence electrons. The number of nitrogens with zero attached hydrogens (tertiary/aromatic N) is 3. The zero-order chi connectivity index (χ0) is 18.7. The lowest BCUT2D eigenvalue weighted by Gasteiger charge is -2.34. The third-order valence-corrected chi connectivity index (χ3v) is 4.57. The standard InChI is InChI=1S/C17H21N3O6/c1-2-26-17(24)19-4-3-12-11(9-19)7-18-8-13(12)15(21)20-5-6-25-10-14(20)16(22)23/h7-8,14H,2-6,9-10H2,1H3,(H,22,23). The van der Waals surface area contributed by atoms with Crippen molar-refractivity contribution in [2.45, 2.75) is 25.9 Å². The topological polar surface area (TPSA) is 109 Å². The molecule has 3 rings (SSSR count). The van der Waals surface area contributed by atoms with Gasteiger partial charge < -0.3 is 24.4 Å². The number of carboxylic acids is 1. The molecule has 1 atom stereocenters. The Bertz CT molecular complexity index is 722. The van der Waals surface area contributed by atoms with Gasteiger partial charge in [-0.15, -0.1) is 0 Å². The second-order valence-electron chi connectivity index (χ2n) is 6.12. The Hall–Kier alpha value is -2.68. The first-order chi connectivity index (χ1) is 12.5. The Morgan fingerprint density at radius 1 is 1.35 bits per heavy atom. The summed E-state index contributed by atoms with van der Waals surface area (Å²) < 4.78 is 10.2. The fourth-order valence-corrected chi connectivity index (χ4v) is 3.25. The molecule has 1 saturated heterocycles. The fourth-order valence-electron chi connectivity index (χ4n) is 3.25. The van der Waals surface area contributed by atoms with Gasteiger partial charge in [0, 0.05) is 25.5 Å². The predicted molar refractivity (Wildman–Crippen MR) is 88.7 cm³/mol. The van der Waals surface area contributed by atoms with Gasteiger partial charge in [0.05, 0.1) is 31.9 Å². The molecule has 0 saturated carbocycles. The maximum Gasteiger partial charge on any atom is 0.410 e. The van der Waals surface area contributed by atoms with Crippen LogP contribution in [0.5, 0.6) is 0 Å². The van der Waals surface area contributed by atoms with Crippen LogP contribution < -0.4 is 0 Å². The summed E-state index contributed by atoms with van der Waals surface area (Å²) >= 11 is 0. The van der Waals surface area contributed by atoms with Crippen molar-refractivity contribution in [3.63, 3.8) is 0 Å². The first-order valence-electron chi connectivity index (χ1n) is 8.52. The zero-order valence-corrected chi connectivity index (χ0v) is 14.5. The maximum absolute atomic E-state index is 13.0. The first kappa shape index (κ1) is 18.1. The van der Waals surface area contributed by atoms with E-state index in [4.69, 9.17) is 9.47 Å². The normalized spacial score (nSPS) is 19.7. The molecule has 0 bridgehead atoms. The largest absolute Gasteiger partial charge is 0.480 e. The summed E-state index contributed by atoms with van der Waals surface area (Å²) in [5.74, 6) is -1.46. The summed E-state index contributed by atoms with van der Waals surface area (Å²) in [5, 5.41) is 9.34. The summed E-state index contributed by atoms with van der Waals surface area (Å²) in [5.41, 5.74) is 1.97. The number of amides is 2. The number of carbonyl (C=O) groups excluding carboxylic acids is 2. The van der Waals surface area contributed by atoms with Crippen LogP contribution in [0.1, 0.15) is 28.4 Å². The molecule has 2 aliphatic heterocycles. The second kappa shape index (κ2) is 7.69. The van der Waals surface area contributed by atoms with Crippen molar-refractivity contribution in [3.8, 4) is 0 Å². The molecule has 1 fully saturated rings. The molecule has 1 aromatic rings. The third kappa shape index (κ3) is 3.48. The number of hydrogen-bond acceptors (Lipinski definition) is 6. The predicted octanol–water partition coefficient (Wildman–Crippen LogP) is 0.522. The van der Waals surface area contributed by atoms with Crippen molar-refractivity contribution in [1.82, 2.24) is 14.8 Å². The van der Waals surface area contributed by atoms with E-state index in [-0.39, 0.29) is 19.1 Å². The lowest BCUT2D eigenvalue weighted by molar-refractivity contribution is -0.147. The van der Waals surface area contributed by atoms with Crippen LogP contribution in [-0.2, 0) is 27.2 Å². The smallest absolute Gasteiger partial charge is 0.410 e. The van der Waals surface area contributed by atoms with Gasteiger partial charge in [-0.3, -0.25) is 9.78 Å². The molecular formula is C17H21N3O6. The summed E-state index contributed by atoms with van der Waals surface area (Å²) in [6.07, 6.45) is 3.19. The molecule has 3 heterocycles. The number of carboxylic acid groups (broad SMARTS) is 1. The fraction of sp³-hybridized carbons (Fsp3) is 0.529. The molecule has 26 heavy (non-hydrogen) atoms. The number of pyridine rings is 1. The highest BCUT2D eigenvalue weighted by Gasteiger charge is 2.35. The number of rotatable bonds is 3. The average Bonchev–Trinajstić information content (AvgIpc) is 2.66. The van der Waals surface area contributed by atoms with E-state index in [1.165, 1.54) is 11.1 Å². The van der Waals surface area contributed by atoms with Gasteiger partial charge in [-0.25, -0.2) is 9.59 Å². The van der Waals surface area contributed by atoms with Crippen molar-refractivity contribution in [3.05, 3.63) is 29.1 Å². The molecule has 0 aliphatic carbocycles. The van der Waals surface area contributed by atoms with Gasteiger partial charge in [0.1, 0.15) is 0 Å². The van der Waals surface area contributed by atoms with Crippen LogP contribution in [0.25, 0.3) is 0 Å². The molecule has 0 radical (unpaired) electrons. The summed E-state index contributed by atoms with van der Waals surface area (Å²) in [6.45, 7) is 3.28. The minimum Gasteiger partial charge on any atom is -0.480 e. The van der Waals surface area contributed by atoms with E-state index < -0.39 is 18.1 Å². The van der Waals surface area contributed by atoms with Gasteiger partial charge in [0.15, 0.2) is 6.04 Å². The van der Waals surface area contributed by atoms with E-state index in [2.05, 4.69) is 4.98 Å². The summed E-state index contributed by atoms with van der Waals surface area (Å²) in [4.78, 5) is 43.3. The third-order valence-electron chi connectivity index (χ3n) is 4.57. The number of morpholine rings is 1. The monoisotopic (exact) mass is 363 g/mol. The van der Waals surface area contributed by atoms with Crippen molar-refractivity contribution in [2.75, 3.05) is 32.9 Å². The molecule has 9 nitrogen and oxygen atoms in total. The van der Waals surface area contributed by atoms with Gasteiger partial charge in [-0.2, -0.15) is 0 Å². The Morgan fingerprint density at radius 2 is 2.15 bits per heavy atom. The minimum atomic E-state index is -1.09. The van der Waals surface area contributed by atoms with Gasteiger partial charge in [-0.1, -0.05) is 0 Å². The highest BCUT2D eigenvalue weighted by molar-refractivity contribution is 5.98. The van der Waals surface area contributed by atoms with Crippen LogP contribution in [0.3, 0.4) is 0 Å². The highest BCUT2D eigenvalue weighted by atomic mass is 16.6. The molecule has 1 N–H and O–H groups in total. The van der Waals surface area contributed by atoms with E-state index in [9.17, 15) is 19.5 Å². The quantitative estimate of drug-likeness (QED) is 0.834. The second-order valence-corrected chi connectivity index (χ2v) is 6.12. The molecule has 9 heteroatoms. The van der Waals surface area contributed by atoms with Gasteiger partial charge in [0.25, 0.3) is 5.91 Å². The minimum absolute atomic E-state index is 0.0276. The van der Waals surface area contributed by atoms with Crippen molar-refractivity contribution in [1.29, 1.82) is 0 Å². The SMILES string of the molecule is CCOC(=O)N1CCc2c(cncc2C(=O)N2CCOCC2C(=O)O)C1. The summed E-state index contributed by atoms with van der Waals surface area (Å²) in [6, 6.07) is -1.01. The molecule has 2 aliphatic rings. The summed E-state index contributed by atoms with van der Waals surface area (Å²) in [7, 11) is 0. The van der Waals surface area contributed by atoms with E-state index in [0.29, 0.717) is 38.3 Å². The van der Waals surface area contributed by atoms with Crippen LogP contribution in [0.4, 0.5) is 4.79 Å². The first-order valence-corrected chi connectivity index (χ1v) is 8.52. The molecular weight excluding hydrogens is 342 g/mol. The van der Waals surface area contributed by atoms with Crippen molar-refractivity contribution < 1.29 is 29.0 Å². The van der Waals surface area contributed by atoms with Gasteiger partial charge in [0.2, 0.25) is 0 Å². The zero-order valence-electron chi connectivity index (χ0n) is 14.5. The van der Waals surface area contributed by atoms with E-state index in [0.717, 1.165) is 11.1 Å². The van der Waals surface area contributed by atoms with Gasteiger partial charge >= 0.3 is 12.1 Å². The van der Waals surface area contributed by atoms with Crippen LogP contribution in [0.15, 0.2) is 12.4 Å². The molecule has 2 amide bonds. The Morgan fingerprint density at radius 3 is 2.88 bits per heavy atom. The van der Waals surface area contributed by atoms with Crippen LogP contribution >= 0.6 is 0 Å². The van der Waals surface area contributed by atoms with Crippen LogP contribution in [0, 0.1) is 0 Å². The lowest BCUT2D eigenvalue weighted by atomic mass is 9.96. The average molecular weight is 363 g/mol. The Kier molecular flexibility index (Phi) is 5.36. The number of carbonyl (C=O) groups is 3. The van der Waals surface area contributed by atoms with Crippen molar-refractivity contribution >= 4 is 18.0 Å². The molecule has 0 aromatic carbocycles.